The Bertz CT molecular complexity index is 315. The van der Waals surface area contributed by atoms with Crippen LogP contribution in [0.2, 0.25) is 0 Å². The summed E-state index contributed by atoms with van der Waals surface area (Å²) in [6, 6.07) is 0.505. The van der Waals surface area contributed by atoms with Crippen molar-refractivity contribution in [3.63, 3.8) is 0 Å². The van der Waals surface area contributed by atoms with Gasteiger partial charge in [-0.25, -0.2) is 0 Å². The molecular weight excluding hydrogens is 176 g/mol. The monoisotopic (exact) mass is 194 g/mol. The highest BCUT2D eigenvalue weighted by molar-refractivity contribution is 5.17. The van der Waals surface area contributed by atoms with Crippen molar-refractivity contribution in [2.24, 2.45) is 5.92 Å². The quantitative estimate of drug-likeness (QED) is 0.795. The van der Waals surface area contributed by atoms with Crippen LogP contribution in [0.25, 0.3) is 0 Å². The Labute approximate surface area is 84.7 Å². The van der Waals surface area contributed by atoms with Crippen molar-refractivity contribution >= 4 is 0 Å². The maximum atomic E-state index is 9.15. The van der Waals surface area contributed by atoms with Crippen LogP contribution in [0.15, 0.2) is 6.20 Å². The Morgan fingerprint density at radius 1 is 1.64 bits per heavy atom. The van der Waals surface area contributed by atoms with Crippen LogP contribution >= 0.6 is 0 Å². The molecule has 1 aromatic rings. The topological polar surface area (TPSA) is 38.1 Å². The van der Waals surface area contributed by atoms with Crippen molar-refractivity contribution < 1.29 is 5.11 Å². The van der Waals surface area contributed by atoms with Crippen molar-refractivity contribution in [2.45, 2.75) is 45.8 Å². The largest absolute Gasteiger partial charge is 0.392 e. The van der Waals surface area contributed by atoms with Crippen LogP contribution in [0, 0.1) is 5.92 Å². The van der Waals surface area contributed by atoms with Gasteiger partial charge in [0, 0.05) is 11.3 Å². The molecule has 3 nitrogen and oxygen atoms in total. The standard InChI is InChI=1S/C11H18N2O/c1-3-11-10(7-14)6-12-13(11)8(2)9-4-5-9/h6,8-9,14H,3-5,7H2,1-2H3. The summed E-state index contributed by atoms with van der Waals surface area (Å²) < 4.78 is 2.10. The summed E-state index contributed by atoms with van der Waals surface area (Å²) in [6.45, 7) is 4.46. The minimum atomic E-state index is 0.112. The molecule has 1 fully saturated rings. The first-order valence-corrected chi connectivity index (χ1v) is 5.44. The summed E-state index contributed by atoms with van der Waals surface area (Å²) in [6.07, 6.45) is 5.42. The van der Waals surface area contributed by atoms with Crippen LogP contribution in [-0.2, 0) is 13.0 Å². The number of aromatic nitrogens is 2. The molecule has 0 amide bonds. The molecule has 0 aromatic carbocycles. The van der Waals surface area contributed by atoms with E-state index in [0.29, 0.717) is 6.04 Å². The molecule has 1 N–H and O–H groups in total. The smallest absolute Gasteiger partial charge is 0.0715 e. The van der Waals surface area contributed by atoms with Crippen LogP contribution < -0.4 is 0 Å². The molecule has 1 heterocycles. The van der Waals surface area contributed by atoms with E-state index in [1.54, 1.807) is 6.20 Å². The van der Waals surface area contributed by atoms with Gasteiger partial charge in [0.15, 0.2) is 0 Å². The predicted molar refractivity (Wildman–Crippen MR) is 55.0 cm³/mol. The minimum absolute atomic E-state index is 0.112. The highest BCUT2D eigenvalue weighted by Gasteiger charge is 2.30. The second-order valence-corrected chi connectivity index (χ2v) is 4.15. The molecule has 78 valence electrons. The van der Waals surface area contributed by atoms with E-state index >= 15 is 0 Å². The molecule has 0 saturated heterocycles. The average Bonchev–Trinajstić information content (AvgIpc) is 2.96. The third-order valence-electron chi connectivity index (χ3n) is 3.18. The Hall–Kier alpha value is -0.830. The van der Waals surface area contributed by atoms with E-state index in [9.17, 15) is 0 Å². The van der Waals surface area contributed by atoms with E-state index in [4.69, 9.17) is 5.11 Å². The molecule has 1 aliphatic carbocycles. The van der Waals surface area contributed by atoms with Gasteiger partial charge >= 0.3 is 0 Å². The maximum absolute atomic E-state index is 9.15. The third-order valence-corrected chi connectivity index (χ3v) is 3.18. The molecule has 0 bridgehead atoms. The Morgan fingerprint density at radius 3 is 2.86 bits per heavy atom. The zero-order valence-electron chi connectivity index (χ0n) is 8.90. The lowest BCUT2D eigenvalue weighted by Gasteiger charge is -2.14. The maximum Gasteiger partial charge on any atom is 0.0715 e. The molecule has 2 rings (SSSR count). The molecule has 14 heavy (non-hydrogen) atoms. The van der Waals surface area contributed by atoms with E-state index in [-0.39, 0.29) is 6.61 Å². The first-order valence-electron chi connectivity index (χ1n) is 5.44. The minimum Gasteiger partial charge on any atom is -0.392 e. The third kappa shape index (κ3) is 1.57. The van der Waals surface area contributed by atoms with Gasteiger partial charge in [0.1, 0.15) is 0 Å². The van der Waals surface area contributed by atoms with Gasteiger partial charge in [0.25, 0.3) is 0 Å². The average molecular weight is 194 g/mol. The second-order valence-electron chi connectivity index (χ2n) is 4.15. The van der Waals surface area contributed by atoms with E-state index in [2.05, 4.69) is 23.6 Å². The Balaban J connectivity index is 2.26. The molecular formula is C11H18N2O. The summed E-state index contributed by atoms with van der Waals surface area (Å²) in [5.41, 5.74) is 2.19. The van der Waals surface area contributed by atoms with Gasteiger partial charge in [0.05, 0.1) is 18.8 Å². The van der Waals surface area contributed by atoms with Crippen molar-refractivity contribution in [2.75, 3.05) is 0 Å². The fourth-order valence-electron chi connectivity index (χ4n) is 2.07. The van der Waals surface area contributed by atoms with Gasteiger partial charge in [-0.3, -0.25) is 4.68 Å². The fourth-order valence-corrected chi connectivity index (χ4v) is 2.07. The van der Waals surface area contributed by atoms with Crippen LogP contribution in [0.3, 0.4) is 0 Å². The van der Waals surface area contributed by atoms with Gasteiger partial charge < -0.3 is 5.11 Å². The summed E-state index contributed by atoms with van der Waals surface area (Å²) in [7, 11) is 0. The second kappa shape index (κ2) is 3.73. The Kier molecular flexibility index (Phi) is 2.59. The molecule has 1 saturated carbocycles. The highest BCUT2D eigenvalue weighted by atomic mass is 16.3. The van der Waals surface area contributed by atoms with Crippen molar-refractivity contribution in [3.8, 4) is 0 Å². The first kappa shape index (κ1) is 9.71. The molecule has 3 heteroatoms. The molecule has 1 atom stereocenters. The van der Waals surface area contributed by atoms with E-state index in [0.717, 1.165) is 17.9 Å². The van der Waals surface area contributed by atoms with E-state index < -0.39 is 0 Å². The molecule has 1 aromatic heterocycles. The number of aliphatic hydroxyl groups excluding tert-OH is 1. The highest BCUT2D eigenvalue weighted by Crippen LogP contribution is 2.39. The molecule has 0 spiro atoms. The van der Waals surface area contributed by atoms with Crippen LogP contribution in [-0.4, -0.2) is 14.9 Å². The molecule has 1 aliphatic rings. The lowest BCUT2D eigenvalue weighted by atomic mass is 10.1. The molecule has 0 aliphatic heterocycles. The fraction of sp³-hybridized carbons (Fsp3) is 0.727. The lowest BCUT2D eigenvalue weighted by molar-refractivity contribution is 0.280. The van der Waals surface area contributed by atoms with Crippen molar-refractivity contribution in [3.05, 3.63) is 17.5 Å². The number of aliphatic hydroxyl groups is 1. The van der Waals surface area contributed by atoms with Crippen LogP contribution in [0.5, 0.6) is 0 Å². The van der Waals surface area contributed by atoms with E-state index in [1.807, 2.05) is 0 Å². The van der Waals surface area contributed by atoms with Gasteiger partial charge in [-0.05, 0) is 32.1 Å². The van der Waals surface area contributed by atoms with Gasteiger partial charge in [0.2, 0.25) is 0 Å². The van der Waals surface area contributed by atoms with Crippen molar-refractivity contribution in [1.82, 2.24) is 9.78 Å². The first-order chi connectivity index (χ1) is 6.77. The number of hydrogen-bond donors (Lipinski definition) is 1. The van der Waals surface area contributed by atoms with Gasteiger partial charge in [-0.1, -0.05) is 6.92 Å². The number of hydrogen-bond acceptors (Lipinski definition) is 2. The number of nitrogens with zero attached hydrogens (tertiary/aromatic N) is 2. The van der Waals surface area contributed by atoms with Crippen LogP contribution in [0.4, 0.5) is 0 Å². The summed E-state index contributed by atoms with van der Waals surface area (Å²) in [5.74, 6) is 0.812. The van der Waals surface area contributed by atoms with Gasteiger partial charge in [-0.2, -0.15) is 5.10 Å². The van der Waals surface area contributed by atoms with Crippen molar-refractivity contribution in [1.29, 1.82) is 0 Å². The van der Waals surface area contributed by atoms with Crippen LogP contribution in [0.1, 0.15) is 44.0 Å². The van der Waals surface area contributed by atoms with E-state index in [1.165, 1.54) is 18.5 Å². The Morgan fingerprint density at radius 2 is 2.36 bits per heavy atom. The summed E-state index contributed by atoms with van der Waals surface area (Å²) in [5, 5.41) is 13.5. The zero-order chi connectivity index (χ0) is 10.1. The van der Waals surface area contributed by atoms with Gasteiger partial charge in [-0.15, -0.1) is 0 Å². The predicted octanol–water partition coefficient (Wildman–Crippen LogP) is 1.91. The normalized spacial score (nSPS) is 18.5. The molecule has 1 unspecified atom stereocenters. The zero-order valence-corrected chi connectivity index (χ0v) is 8.90. The summed E-state index contributed by atoms with van der Waals surface area (Å²) >= 11 is 0. The number of rotatable bonds is 4. The summed E-state index contributed by atoms with van der Waals surface area (Å²) in [4.78, 5) is 0. The molecule has 0 radical (unpaired) electrons. The lowest BCUT2D eigenvalue weighted by Crippen LogP contribution is -2.12. The SMILES string of the molecule is CCc1c(CO)cnn1C(C)C1CC1.